The van der Waals surface area contributed by atoms with Gasteiger partial charge in [-0.2, -0.15) is 8.57 Å². The molecule has 6 heterocycles. The van der Waals surface area contributed by atoms with Gasteiger partial charge in [0.15, 0.2) is 0 Å². The number of nitrogens with two attached hydrogens (primary N) is 1. The molecule has 3 atom stereocenters. The van der Waals surface area contributed by atoms with Crippen LogP contribution < -0.4 is 37.5 Å². The van der Waals surface area contributed by atoms with Crippen LogP contribution in [0.3, 0.4) is 0 Å². The van der Waals surface area contributed by atoms with E-state index in [1.807, 2.05) is 57.9 Å². The number of anilines is 3. The topological polar surface area (TPSA) is 263 Å². The highest BCUT2D eigenvalue weighted by Gasteiger charge is 2.32. The van der Waals surface area contributed by atoms with Gasteiger partial charge in [-0.15, -0.1) is 10.5 Å². The van der Waals surface area contributed by atoms with E-state index in [9.17, 15) is 39.2 Å². The number of nitrogens with zero attached hydrogens (tertiary/aromatic N) is 7. The highest BCUT2D eigenvalue weighted by Crippen LogP contribution is 2.34. The smallest absolute Gasteiger partial charge is 0.268 e. The minimum atomic E-state index is -0.179. The second-order valence-electron chi connectivity index (χ2n) is 17.2. The van der Waals surface area contributed by atoms with E-state index in [1.165, 1.54) is 0 Å². The van der Waals surface area contributed by atoms with Crippen LogP contribution in [0.1, 0.15) is 82.7 Å². The first-order valence-electron chi connectivity index (χ1n) is 23.1. The van der Waals surface area contributed by atoms with Crippen LogP contribution in [0.5, 0.6) is 0 Å². The molecule has 24 heteroatoms. The number of carbonyl (C=O) groups excluding carboxylic acids is 6. The number of aromatic nitrogens is 3. The fourth-order valence-corrected chi connectivity index (χ4v) is 9.38. The summed E-state index contributed by atoms with van der Waals surface area (Å²) in [6.45, 7) is 6.45. The van der Waals surface area contributed by atoms with E-state index in [0.29, 0.717) is 90.2 Å². The summed E-state index contributed by atoms with van der Waals surface area (Å²) in [5.41, 5.74) is 11.6. The Hall–Kier alpha value is -6.96. The molecule has 0 aliphatic carbocycles. The number of hydrogen-bond donors (Lipinski definition) is 7. The van der Waals surface area contributed by atoms with E-state index in [-0.39, 0.29) is 60.0 Å². The second kappa shape index (κ2) is 23.1. The molecule has 0 spiro atoms. The lowest BCUT2D eigenvalue weighted by molar-refractivity contribution is -0.131. The Morgan fingerprint density at radius 2 is 0.986 bits per heavy atom. The lowest BCUT2D eigenvalue weighted by atomic mass is 10.1. The Kier molecular flexibility index (Phi) is 16.9. The number of hydrogen-bond acceptors (Lipinski definition) is 15. The Balaban J connectivity index is 0.000000159. The van der Waals surface area contributed by atoms with Crippen molar-refractivity contribution in [2.75, 3.05) is 82.6 Å². The lowest BCUT2D eigenvalue weighted by Crippen LogP contribution is -2.41. The predicted molar refractivity (Wildman–Crippen MR) is 277 cm³/mol. The van der Waals surface area contributed by atoms with Crippen LogP contribution in [-0.4, -0.2) is 136 Å². The van der Waals surface area contributed by atoms with Crippen LogP contribution in [0.25, 0.3) is 32.7 Å². The number of nitrogen functional groups attached to an aromatic ring is 1. The molecular formula is C48H60N12O10S2. The molecule has 3 aromatic carbocycles. The average molecular weight is 1030 g/mol. The van der Waals surface area contributed by atoms with Crippen molar-refractivity contribution in [3.63, 3.8) is 0 Å². The third kappa shape index (κ3) is 11.2. The van der Waals surface area contributed by atoms with Gasteiger partial charge in [0.2, 0.25) is 17.7 Å². The number of amides is 6. The highest BCUT2D eigenvalue weighted by molar-refractivity contribution is 7.94. The normalized spacial score (nSPS) is 16.7. The summed E-state index contributed by atoms with van der Waals surface area (Å²) in [4.78, 5) is 76.2. The van der Waals surface area contributed by atoms with Crippen molar-refractivity contribution >= 4 is 109 Å². The molecule has 3 aromatic heterocycles. The van der Waals surface area contributed by atoms with Gasteiger partial charge in [-0.1, -0.05) is 0 Å². The standard InChI is InChI=1S/C17H22N4O4S.C16H20N4O2.C15H18N4O4S/c1-4-19(2)16(22)9-13-10-18-17(23)15-8-11-7-12(21(24)25-26-3)5-6-14(11)20(13)15;1-3-19(2)15(21)8-12-9-18-16(22)14-7-10-6-11(17)4-5-13(10)20(12)14;1-16-14(20)7-11-8-17-15(21)13-6-9-5-10(19(22)23-24-2)3-4-12(9)18(11)13/h5-8,13,24H,4,9-10H2,1-3H3,(H,18,23);4-7,12H,3,8-9,17H2,1-2H3,(H,18,22);3-6,11,22H,7-8H2,1-2H3,(H,16,20)(H,17,21). The molecular weight excluding hydrogens is 969 g/mol. The zero-order valence-corrected chi connectivity index (χ0v) is 42.6. The maximum atomic E-state index is 12.3. The molecule has 6 aromatic rings. The first-order valence-corrected chi connectivity index (χ1v) is 25.4. The number of fused-ring (bicyclic) bond motifs is 9. The van der Waals surface area contributed by atoms with Crippen LogP contribution in [0.4, 0.5) is 17.1 Å². The summed E-state index contributed by atoms with van der Waals surface area (Å²) < 4.78 is 15.7. The molecule has 0 fully saturated rings. The summed E-state index contributed by atoms with van der Waals surface area (Å²) in [7, 11) is 5.15. The quantitative estimate of drug-likeness (QED) is 0.0428. The van der Waals surface area contributed by atoms with Gasteiger partial charge >= 0.3 is 0 Å². The lowest BCUT2D eigenvalue weighted by Gasteiger charge is -2.28. The molecule has 0 saturated heterocycles. The van der Waals surface area contributed by atoms with E-state index in [1.54, 1.807) is 85.9 Å². The van der Waals surface area contributed by atoms with Gasteiger partial charge < -0.3 is 50.5 Å². The fraction of sp³-hybridized carbons (Fsp3) is 0.375. The van der Waals surface area contributed by atoms with Gasteiger partial charge in [0.05, 0.1) is 29.5 Å². The van der Waals surface area contributed by atoms with Crippen molar-refractivity contribution < 1.29 is 47.7 Å². The minimum absolute atomic E-state index is 0.0352. The SMILES string of the molecule is CCN(C)C(=O)CC1CNC(=O)c2cc3cc(N(O)OSC)ccc3n21.CCN(C)C(=O)CC1CNC(=O)c2cc3cc(N)ccc3n21.CNC(=O)CC1CNC(=O)c2cc3cc(N(O)OSC)ccc3n21. The molecule has 22 nitrogen and oxygen atoms in total. The maximum Gasteiger partial charge on any atom is 0.268 e. The van der Waals surface area contributed by atoms with E-state index in [0.717, 1.165) is 56.8 Å². The van der Waals surface area contributed by atoms with Gasteiger partial charge in [-0.05, 0) is 86.6 Å². The third-order valence-electron chi connectivity index (χ3n) is 12.8. The van der Waals surface area contributed by atoms with Crippen molar-refractivity contribution in [2.24, 2.45) is 0 Å². The molecule has 3 aliphatic rings. The summed E-state index contributed by atoms with van der Waals surface area (Å²) in [6, 6.07) is 21.0. The monoisotopic (exact) mass is 1030 g/mol. The third-order valence-corrected chi connectivity index (χ3v) is 13.4. The van der Waals surface area contributed by atoms with Crippen LogP contribution in [-0.2, 0) is 23.0 Å². The van der Waals surface area contributed by atoms with Crippen LogP contribution in [0, 0.1) is 0 Å². The largest absolute Gasteiger partial charge is 0.399 e. The first kappa shape index (κ1) is 52.9. The van der Waals surface area contributed by atoms with Crippen LogP contribution >= 0.6 is 24.1 Å². The average Bonchev–Trinajstić information content (AvgIpc) is 4.09. The van der Waals surface area contributed by atoms with E-state index in [2.05, 4.69) is 21.3 Å². The molecule has 8 N–H and O–H groups in total. The van der Waals surface area contributed by atoms with Gasteiger partial charge in [-0.3, -0.25) is 39.2 Å². The van der Waals surface area contributed by atoms with E-state index >= 15 is 0 Å². The molecule has 3 aliphatic heterocycles. The minimum Gasteiger partial charge on any atom is -0.399 e. The van der Waals surface area contributed by atoms with E-state index < -0.39 is 0 Å². The van der Waals surface area contributed by atoms with Gasteiger partial charge in [0.1, 0.15) is 17.1 Å². The molecule has 0 bridgehead atoms. The number of rotatable bonds is 14. The van der Waals surface area contributed by atoms with Gasteiger partial charge in [0.25, 0.3) is 17.7 Å². The Morgan fingerprint density at radius 3 is 1.35 bits per heavy atom. The maximum absolute atomic E-state index is 12.3. The van der Waals surface area contributed by atoms with Gasteiger partial charge in [-0.25, -0.2) is 0 Å². The van der Waals surface area contributed by atoms with Crippen molar-refractivity contribution in [3.8, 4) is 0 Å². The van der Waals surface area contributed by atoms with Crippen LogP contribution in [0.2, 0.25) is 0 Å². The molecule has 384 valence electrons. The van der Waals surface area contributed by atoms with Crippen molar-refractivity contribution in [2.45, 2.75) is 51.2 Å². The summed E-state index contributed by atoms with van der Waals surface area (Å²) in [6.07, 6.45) is 4.33. The number of benzene rings is 3. The Morgan fingerprint density at radius 1 is 0.625 bits per heavy atom. The molecule has 72 heavy (non-hydrogen) atoms. The van der Waals surface area contributed by atoms with Crippen molar-refractivity contribution in [3.05, 3.63) is 89.9 Å². The van der Waals surface area contributed by atoms with Crippen LogP contribution in [0.15, 0.2) is 72.8 Å². The highest BCUT2D eigenvalue weighted by atomic mass is 32.2. The molecule has 3 unspecified atom stereocenters. The zero-order valence-electron chi connectivity index (χ0n) is 41.0. The predicted octanol–water partition coefficient (Wildman–Crippen LogP) is 5.04. The van der Waals surface area contributed by atoms with Crippen molar-refractivity contribution in [1.29, 1.82) is 0 Å². The molecule has 9 rings (SSSR count). The molecule has 0 radical (unpaired) electrons. The summed E-state index contributed by atoms with van der Waals surface area (Å²) >= 11 is 2.02. The summed E-state index contributed by atoms with van der Waals surface area (Å²) in [5.74, 6) is -0.434. The number of nitrogens with one attached hydrogen (secondary N) is 4. The Labute approximate surface area is 423 Å². The van der Waals surface area contributed by atoms with Crippen molar-refractivity contribution in [1.82, 2.24) is 44.8 Å². The molecule has 0 saturated carbocycles. The number of carbonyl (C=O) groups is 6. The first-order chi connectivity index (χ1) is 34.5. The zero-order chi connectivity index (χ0) is 52.0. The fourth-order valence-electron chi connectivity index (χ4n) is 8.92. The second-order valence-corrected chi connectivity index (χ2v) is 18.2. The molecule has 6 amide bonds. The Bertz CT molecular complexity index is 3010. The van der Waals surface area contributed by atoms with Gasteiger partial charge in [0, 0.05) is 148 Å². The summed E-state index contributed by atoms with van der Waals surface area (Å²) in [5, 5.41) is 34.6. The van der Waals surface area contributed by atoms with E-state index in [4.69, 9.17) is 14.3 Å².